The molecule has 1 aromatic carbocycles. The molecule has 1 aliphatic rings. The molecule has 1 saturated carbocycles. The molecule has 1 fully saturated rings. The number of rotatable bonds is 4. The molecule has 0 radical (unpaired) electrons. The smallest absolute Gasteiger partial charge is 0.272 e. The molecular weight excluding hydrogens is 312 g/mol. The summed E-state index contributed by atoms with van der Waals surface area (Å²) in [6.07, 6.45) is 4.86. The van der Waals surface area contributed by atoms with E-state index in [-0.39, 0.29) is 35.9 Å². The average Bonchev–Trinajstić information content (AvgIpc) is 2.87. The van der Waals surface area contributed by atoms with Crippen LogP contribution < -0.4 is 5.32 Å². The van der Waals surface area contributed by atoms with Gasteiger partial charge in [-0.2, -0.15) is 5.10 Å². The Morgan fingerprint density at radius 1 is 1.38 bits per heavy atom. The van der Waals surface area contributed by atoms with Crippen molar-refractivity contribution in [2.75, 3.05) is 6.61 Å². The largest absolute Gasteiger partial charge is 0.396 e. The number of aromatic nitrogens is 2. The van der Waals surface area contributed by atoms with E-state index in [4.69, 9.17) is 0 Å². The monoisotopic (exact) mass is 332 g/mol. The molecule has 8 heteroatoms. The van der Waals surface area contributed by atoms with Crippen molar-refractivity contribution in [3.05, 3.63) is 34.0 Å². The summed E-state index contributed by atoms with van der Waals surface area (Å²) < 4.78 is 0. The Bertz CT molecular complexity index is 758. The first-order valence-corrected chi connectivity index (χ1v) is 8.14. The number of nitro groups is 1. The Balaban J connectivity index is 1.85. The van der Waals surface area contributed by atoms with Crippen molar-refractivity contribution >= 4 is 22.5 Å². The minimum Gasteiger partial charge on any atom is -0.396 e. The van der Waals surface area contributed by atoms with Crippen LogP contribution in [0, 0.1) is 16.0 Å². The summed E-state index contributed by atoms with van der Waals surface area (Å²) in [7, 11) is 0. The van der Waals surface area contributed by atoms with Crippen molar-refractivity contribution in [1.29, 1.82) is 0 Å². The highest BCUT2D eigenvalue weighted by Gasteiger charge is 2.26. The van der Waals surface area contributed by atoms with Gasteiger partial charge in [0.25, 0.3) is 11.6 Å². The molecule has 2 unspecified atom stereocenters. The van der Waals surface area contributed by atoms with Crippen LogP contribution in [0.15, 0.2) is 18.2 Å². The molecule has 0 aliphatic heterocycles. The molecule has 8 nitrogen and oxygen atoms in total. The molecule has 0 bridgehead atoms. The van der Waals surface area contributed by atoms with Crippen LogP contribution in [0.25, 0.3) is 10.9 Å². The number of nitro benzene ring substituents is 1. The van der Waals surface area contributed by atoms with Gasteiger partial charge in [-0.25, -0.2) is 0 Å². The lowest BCUT2D eigenvalue weighted by atomic mass is 9.95. The Morgan fingerprint density at radius 3 is 2.92 bits per heavy atom. The van der Waals surface area contributed by atoms with Crippen LogP contribution in [0.3, 0.4) is 0 Å². The molecule has 3 N–H and O–H groups in total. The van der Waals surface area contributed by atoms with Crippen molar-refractivity contribution in [1.82, 2.24) is 15.5 Å². The molecule has 2 aromatic rings. The quantitative estimate of drug-likeness (QED) is 0.450. The van der Waals surface area contributed by atoms with Crippen LogP contribution in [0.1, 0.15) is 42.6 Å². The van der Waals surface area contributed by atoms with E-state index >= 15 is 0 Å². The molecule has 0 spiro atoms. The zero-order valence-electron chi connectivity index (χ0n) is 13.2. The summed E-state index contributed by atoms with van der Waals surface area (Å²) in [5.74, 6) is -0.330. The Labute approximate surface area is 138 Å². The highest BCUT2D eigenvalue weighted by Crippen LogP contribution is 2.25. The number of aliphatic hydroxyl groups is 1. The predicted molar refractivity (Wildman–Crippen MR) is 87.7 cm³/mol. The third kappa shape index (κ3) is 3.23. The van der Waals surface area contributed by atoms with Gasteiger partial charge in [0.15, 0.2) is 5.69 Å². The fourth-order valence-corrected chi connectivity index (χ4v) is 3.32. The summed E-state index contributed by atoms with van der Waals surface area (Å²) >= 11 is 0. The number of H-pyrrole nitrogens is 1. The van der Waals surface area contributed by atoms with E-state index in [1.807, 2.05) is 0 Å². The molecular formula is C16H20N4O4. The number of hydrogen-bond acceptors (Lipinski definition) is 5. The maximum absolute atomic E-state index is 12.6. The van der Waals surface area contributed by atoms with E-state index in [2.05, 4.69) is 15.5 Å². The SMILES string of the molecule is O=C(NC1CCCCCC1CO)c1n[nH]c2ccc([N+](=O)[O-])cc12. The Kier molecular flexibility index (Phi) is 4.75. The van der Waals surface area contributed by atoms with Gasteiger partial charge in [0.05, 0.1) is 10.4 Å². The Hall–Kier alpha value is -2.48. The normalized spacial score (nSPS) is 21.4. The van der Waals surface area contributed by atoms with Crippen LogP contribution in [-0.2, 0) is 0 Å². The number of hydrogen-bond donors (Lipinski definition) is 3. The van der Waals surface area contributed by atoms with E-state index in [1.54, 1.807) is 6.07 Å². The second-order valence-corrected chi connectivity index (χ2v) is 6.22. The van der Waals surface area contributed by atoms with Crippen LogP contribution in [0.5, 0.6) is 0 Å². The summed E-state index contributed by atoms with van der Waals surface area (Å²) in [4.78, 5) is 23.0. The topological polar surface area (TPSA) is 121 Å². The minimum atomic E-state index is -0.499. The third-order valence-electron chi connectivity index (χ3n) is 4.68. The molecule has 128 valence electrons. The summed E-state index contributed by atoms with van der Waals surface area (Å²) in [6.45, 7) is 0.0394. The first kappa shape index (κ1) is 16.4. The van der Waals surface area contributed by atoms with Crippen molar-refractivity contribution in [3.8, 4) is 0 Å². The number of carbonyl (C=O) groups is 1. The highest BCUT2D eigenvalue weighted by atomic mass is 16.6. The van der Waals surface area contributed by atoms with Gasteiger partial charge in [0.2, 0.25) is 0 Å². The Morgan fingerprint density at radius 2 is 2.17 bits per heavy atom. The number of aromatic amines is 1. The van der Waals surface area contributed by atoms with Crippen molar-refractivity contribution in [2.45, 2.75) is 38.1 Å². The maximum atomic E-state index is 12.6. The zero-order valence-corrected chi connectivity index (χ0v) is 13.2. The lowest BCUT2D eigenvalue weighted by Crippen LogP contribution is -2.41. The summed E-state index contributed by atoms with van der Waals surface area (Å²) in [5.41, 5.74) is 0.639. The van der Waals surface area contributed by atoms with Gasteiger partial charge < -0.3 is 10.4 Å². The highest BCUT2D eigenvalue weighted by molar-refractivity contribution is 6.05. The lowest BCUT2D eigenvalue weighted by molar-refractivity contribution is -0.384. The minimum absolute atomic E-state index is 0.0380. The van der Waals surface area contributed by atoms with Gasteiger partial charge in [-0.05, 0) is 18.9 Å². The number of fused-ring (bicyclic) bond motifs is 1. The molecule has 0 saturated heterocycles. The molecule has 1 amide bonds. The molecule has 2 atom stereocenters. The second kappa shape index (κ2) is 6.96. The number of carbonyl (C=O) groups excluding carboxylic acids is 1. The van der Waals surface area contributed by atoms with Crippen molar-refractivity contribution < 1.29 is 14.8 Å². The van der Waals surface area contributed by atoms with Gasteiger partial charge >= 0.3 is 0 Å². The number of nitrogens with one attached hydrogen (secondary N) is 2. The van der Waals surface area contributed by atoms with Gasteiger partial charge in [0.1, 0.15) is 0 Å². The number of aliphatic hydroxyl groups excluding tert-OH is 1. The van der Waals surface area contributed by atoms with Gasteiger partial charge in [-0.3, -0.25) is 20.0 Å². The standard InChI is InChI=1S/C16H20N4O4/c21-9-10-4-2-1-3-5-13(10)17-16(22)15-12-8-11(20(23)24)6-7-14(12)18-19-15/h6-8,10,13,21H,1-5,9H2,(H,17,22)(H,18,19). The fraction of sp³-hybridized carbons (Fsp3) is 0.500. The summed E-state index contributed by atoms with van der Waals surface area (Å²) in [5, 5.41) is 30.6. The fourth-order valence-electron chi connectivity index (χ4n) is 3.32. The number of benzene rings is 1. The van der Waals surface area contributed by atoms with Crippen LogP contribution in [-0.4, -0.2) is 38.8 Å². The molecule has 1 heterocycles. The average molecular weight is 332 g/mol. The lowest BCUT2D eigenvalue weighted by Gasteiger charge is -2.24. The number of nitrogens with zero attached hydrogens (tertiary/aromatic N) is 2. The van der Waals surface area contributed by atoms with Gasteiger partial charge in [-0.15, -0.1) is 0 Å². The molecule has 24 heavy (non-hydrogen) atoms. The van der Waals surface area contributed by atoms with Crippen molar-refractivity contribution in [2.24, 2.45) is 5.92 Å². The first-order valence-electron chi connectivity index (χ1n) is 8.14. The van der Waals surface area contributed by atoms with E-state index in [9.17, 15) is 20.0 Å². The molecule has 1 aromatic heterocycles. The summed E-state index contributed by atoms with van der Waals surface area (Å²) in [6, 6.07) is 4.16. The van der Waals surface area contributed by atoms with Gasteiger partial charge in [0, 0.05) is 36.1 Å². The number of non-ortho nitro benzene ring substituents is 1. The predicted octanol–water partition coefficient (Wildman–Crippen LogP) is 2.14. The van der Waals surface area contributed by atoms with Crippen LogP contribution in [0.4, 0.5) is 5.69 Å². The molecule has 1 aliphatic carbocycles. The van der Waals surface area contributed by atoms with E-state index < -0.39 is 4.92 Å². The van der Waals surface area contributed by atoms with Crippen molar-refractivity contribution in [3.63, 3.8) is 0 Å². The van der Waals surface area contributed by atoms with E-state index in [1.165, 1.54) is 12.1 Å². The third-order valence-corrected chi connectivity index (χ3v) is 4.68. The van der Waals surface area contributed by atoms with Crippen LogP contribution in [0.2, 0.25) is 0 Å². The van der Waals surface area contributed by atoms with Crippen LogP contribution >= 0.6 is 0 Å². The first-order chi connectivity index (χ1) is 11.6. The number of amides is 1. The van der Waals surface area contributed by atoms with E-state index in [0.717, 1.165) is 32.1 Å². The second-order valence-electron chi connectivity index (χ2n) is 6.22. The zero-order chi connectivity index (χ0) is 17.1. The van der Waals surface area contributed by atoms with E-state index in [0.29, 0.717) is 10.9 Å². The maximum Gasteiger partial charge on any atom is 0.272 e. The van der Waals surface area contributed by atoms with Gasteiger partial charge in [-0.1, -0.05) is 19.3 Å². The molecule has 3 rings (SSSR count).